The van der Waals surface area contributed by atoms with Crippen LogP contribution in [0.5, 0.6) is 5.75 Å². The Kier molecular flexibility index (Phi) is 3.92. The van der Waals surface area contributed by atoms with Crippen LogP contribution in [0.4, 0.5) is 0 Å². The molecule has 2 aromatic carbocycles. The van der Waals surface area contributed by atoms with Crippen molar-refractivity contribution in [2.45, 2.75) is 6.61 Å². The summed E-state index contributed by atoms with van der Waals surface area (Å²) in [4.78, 5) is 10.9. The Bertz CT molecular complexity index is 507. The normalized spacial score (nSPS) is 9.78. The van der Waals surface area contributed by atoms with E-state index in [0.717, 1.165) is 17.4 Å². The van der Waals surface area contributed by atoms with E-state index in [-0.39, 0.29) is 0 Å². The second-order valence-corrected chi connectivity index (χ2v) is 3.85. The first-order valence-electron chi connectivity index (χ1n) is 5.72. The molecule has 0 saturated heterocycles. The molecule has 2 heteroatoms. The van der Waals surface area contributed by atoms with Gasteiger partial charge in [-0.15, -0.1) is 0 Å². The molecule has 0 aliphatic rings. The predicted octanol–water partition coefficient (Wildman–Crippen LogP) is 3.72. The monoisotopic (exact) mass is 238 g/mol. The van der Waals surface area contributed by atoms with E-state index >= 15 is 0 Å². The zero-order chi connectivity index (χ0) is 12.8. The van der Waals surface area contributed by atoms with Crippen LogP contribution in [-0.4, -0.2) is 6.29 Å². The molecule has 18 heavy (non-hydrogen) atoms. The molecule has 0 saturated carbocycles. The first kappa shape index (κ1) is 12.1. The van der Waals surface area contributed by atoms with Crippen molar-refractivity contribution < 1.29 is 9.53 Å². The van der Waals surface area contributed by atoms with Gasteiger partial charge in [-0.2, -0.15) is 0 Å². The van der Waals surface area contributed by atoms with Crippen LogP contribution in [0.2, 0.25) is 0 Å². The summed E-state index contributed by atoms with van der Waals surface area (Å²) in [6, 6.07) is 15.1. The zero-order valence-corrected chi connectivity index (χ0v) is 10.0. The van der Waals surface area contributed by atoms with Gasteiger partial charge in [-0.25, -0.2) is 0 Å². The van der Waals surface area contributed by atoms with Gasteiger partial charge in [0.1, 0.15) is 12.4 Å². The van der Waals surface area contributed by atoms with Crippen LogP contribution in [0.25, 0.3) is 6.08 Å². The molecule has 0 aliphatic carbocycles. The topological polar surface area (TPSA) is 26.3 Å². The van der Waals surface area contributed by atoms with E-state index in [2.05, 4.69) is 6.58 Å². The first-order valence-corrected chi connectivity index (χ1v) is 5.72. The van der Waals surface area contributed by atoms with E-state index in [1.807, 2.05) is 36.4 Å². The van der Waals surface area contributed by atoms with Crippen LogP contribution < -0.4 is 4.74 Å². The number of benzene rings is 2. The molecule has 2 rings (SSSR count). The third kappa shape index (κ3) is 2.66. The second-order valence-electron chi connectivity index (χ2n) is 3.85. The number of ether oxygens (including phenoxy) is 1. The van der Waals surface area contributed by atoms with E-state index < -0.39 is 0 Å². The van der Waals surface area contributed by atoms with Crippen molar-refractivity contribution in [3.63, 3.8) is 0 Å². The minimum atomic E-state index is 0.424. The van der Waals surface area contributed by atoms with Crippen molar-refractivity contribution in [1.29, 1.82) is 0 Å². The standard InChI is InChI=1S/C16H14O2/c1-2-13-7-3-4-9-15(13)12-18-16-10-6-5-8-14(16)11-17/h2-11H,1,12H2. The maximum absolute atomic E-state index is 10.9. The van der Waals surface area contributed by atoms with Crippen molar-refractivity contribution in [2.24, 2.45) is 0 Å². The number of aldehydes is 1. The summed E-state index contributed by atoms with van der Waals surface area (Å²) in [5.41, 5.74) is 2.66. The molecule has 0 unspecified atom stereocenters. The van der Waals surface area contributed by atoms with Crippen molar-refractivity contribution in [3.8, 4) is 5.75 Å². The fourth-order valence-corrected chi connectivity index (χ4v) is 1.73. The molecule has 0 spiro atoms. The second kappa shape index (κ2) is 5.82. The number of carbonyl (C=O) groups excluding carboxylic acids is 1. The maximum atomic E-state index is 10.9. The molecule has 0 aromatic heterocycles. The summed E-state index contributed by atoms with van der Waals surface area (Å²) in [5.74, 6) is 0.603. The lowest BCUT2D eigenvalue weighted by molar-refractivity contribution is 0.111. The van der Waals surface area contributed by atoms with Gasteiger partial charge in [0.15, 0.2) is 6.29 Å². The van der Waals surface area contributed by atoms with Crippen LogP contribution in [0.15, 0.2) is 55.1 Å². The molecule has 2 aromatic rings. The minimum absolute atomic E-state index is 0.424. The summed E-state index contributed by atoms with van der Waals surface area (Å²) in [6.07, 6.45) is 2.60. The predicted molar refractivity (Wildman–Crippen MR) is 72.7 cm³/mol. The molecule has 0 atom stereocenters. The number of hydrogen-bond acceptors (Lipinski definition) is 2. The van der Waals surface area contributed by atoms with Crippen LogP contribution in [0.3, 0.4) is 0 Å². The third-order valence-electron chi connectivity index (χ3n) is 2.70. The Hall–Kier alpha value is -2.35. The molecule has 2 nitrogen and oxygen atoms in total. The average molecular weight is 238 g/mol. The van der Waals surface area contributed by atoms with Gasteiger partial charge >= 0.3 is 0 Å². The highest BCUT2D eigenvalue weighted by atomic mass is 16.5. The zero-order valence-electron chi connectivity index (χ0n) is 10.0. The molecule has 0 radical (unpaired) electrons. The molecule has 0 amide bonds. The Labute approximate surface area is 107 Å². The summed E-state index contributed by atoms with van der Waals surface area (Å²) < 4.78 is 5.68. The lowest BCUT2D eigenvalue weighted by Crippen LogP contribution is -1.99. The molecule has 90 valence electrons. The van der Waals surface area contributed by atoms with E-state index in [0.29, 0.717) is 17.9 Å². The van der Waals surface area contributed by atoms with Gasteiger partial charge in [0.2, 0.25) is 0 Å². The van der Waals surface area contributed by atoms with E-state index in [1.165, 1.54) is 0 Å². The first-order chi connectivity index (χ1) is 8.85. The highest BCUT2D eigenvalue weighted by molar-refractivity contribution is 5.79. The SMILES string of the molecule is C=Cc1ccccc1COc1ccccc1C=O. The number of carbonyl (C=O) groups is 1. The Morgan fingerprint density at radius 2 is 1.67 bits per heavy atom. The number of rotatable bonds is 5. The molecule has 0 aliphatic heterocycles. The fourth-order valence-electron chi connectivity index (χ4n) is 1.73. The lowest BCUT2D eigenvalue weighted by Gasteiger charge is -2.10. The van der Waals surface area contributed by atoms with Crippen molar-refractivity contribution in [3.05, 3.63) is 71.8 Å². The Morgan fingerprint density at radius 1 is 1.00 bits per heavy atom. The van der Waals surface area contributed by atoms with Crippen molar-refractivity contribution in [1.82, 2.24) is 0 Å². The van der Waals surface area contributed by atoms with Crippen molar-refractivity contribution >= 4 is 12.4 Å². The van der Waals surface area contributed by atoms with Gasteiger partial charge in [-0.3, -0.25) is 4.79 Å². The van der Waals surface area contributed by atoms with Gasteiger partial charge < -0.3 is 4.74 Å². The lowest BCUT2D eigenvalue weighted by atomic mass is 10.1. The van der Waals surface area contributed by atoms with Gasteiger partial charge in [-0.05, 0) is 23.3 Å². The fraction of sp³-hybridized carbons (Fsp3) is 0.0625. The van der Waals surface area contributed by atoms with Crippen LogP contribution in [0, 0.1) is 0 Å². The summed E-state index contributed by atoms with van der Waals surface area (Å²) in [7, 11) is 0. The molecular weight excluding hydrogens is 224 g/mol. The van der Waals surface area contributed by atoms with Crippen LogP contribution in [0.1, 0.15) is 21.5 Å². The van der Waals surface area contributed by atoms with Crippen LogP contribution >= 0.6 is 0 Å². The molecular formula is C16H14O2. The number of hydrogen-bond donors (Lipinski definition) is 0. The highest BCUT2D eigenvalue weighted by Gasteiger charge is 2.03. The summed E-state index contributed by atoms with van der Waals surface area (Å²) >= 11 is 0. The molecule has 0 fully saturated rings. The van der Waals surface area contributed by atoms with E-state index in [4.69, 9.17) is 4.74 Å². The smallest absolute Gasteiger partial charge is 0.153 e. The highest BCUT2D eigenvalue weighted by Crippen LogP contribution is 2.19. The van der Waals surface area contributed by atoms with Crippen LogP contribution in [-0.2, 0) is 6.61 Å². The number of para-hydroxylation sites is 1. The average Bonchev–Trinajstić information content (AvgIpc) is 2.45. The van der Waals surface area contributed by atoms with E-state index in [1.54, 1.807) is 18.2 Å². The summed E-state index contributed by atoms with van der Waals surface area (Å²) in [6.45, 7) is 4.19. The molecule has 0 bridgehead atoms. The maximum Gasteiger partial charge on any atom is 0.153 e. The van der Waals surface area contributed by atoms with Gasteiger partial charge in [-0.1, -0.05) is 49.1 Å². The van der Waals surface area contributed by atoms with Gasteiger partial charge in [0.05, 0.1) is 5.56 Å². The Balaban J connectivity index is 2.16. The minimum Gasteiger partial charge on any atom is -0.488 e. The third-order valence-corrected chi connectivity index (χ3v) is 2.70. The summed E-state index contributed by atoms with van der Waals surface area (Å²) in [5, 5.41) is 0. The molecule has 0 N–H and O–H groups in total. The largest absolute Gasteiger partial charge is 0.488 e. The quantitative estimate of drug-likeness (QED) is 0.742. The van der Waals surface area contributed by atoms with Gasteiger partial charge in [0.25, 0.3) is 0 Å². The van der Waals surface area contributed by atoms with Gasteiger partial charge in [0, 0.05) is 0 Å². The van der Waals surface area contributed by atoms with Crippen molar-refractivity contribution in [2.75, 3.05) is 0 Å². The Morgan fingerprint density at radius 3 is 2.39 bits per heavy atom. The molecule has 0 heterocycles. The van der Waals surface area contributed by atoms with E-state index in [9.17, 15) is 4.79 Å².